The average molecular weight is 411 g/mol. The lowest BCUT2D eigenvalue weighted by Crippen LogP contribution is -2.37. The number of nitrogens with one attached hydrogen (secondary N) is 1. The third-order valence-corrected chi connectivity index (χ3v) is 5.84. The van der Waals surface area contributed by atoms with Crippen molar-refractivity contribution in [1.29, 1.82) is 0 Å². The molecule has 1 amide bonds. The maximum atomic E-state index is 12.7. The van der Waals surface area contributed by atoms with Gasteiger partial charge in [0.1, 0.15) is 16.2 Å². The van der Waals surface area contributed by atoms with E-state index in [0.29, 0.717) is 16.5 Å². The minimum Gasteiger partial charge on any atom is -0.325 e. The SMILES string of the molecule is Cc1cccc(NC(=O)CSc2nc(C3CC3)nc3c2c(=O)n(C)c(=O)n3C)c1. The Hall–Kier alpha value is -2.94. The van der Waals surface area contributed by atoms with Gasteiger partial charge in [0.25, 0.3) is 5.56 Å². The molecule has 29 heavy (non-hydrogen) atoms. The van der Waals surface area contributed by atoms with Gasteiger partial charge in [0.05, 0.1) is 5.75 Å². The molecular weight excluding hydrogens is 390 g/mol. The van der Waals surface area contributed by atoms with Crippen molar-refractivity contribution in [3.05, 3.63) is 56.5 Å². The number of hydrogen-bond acceptors (Lipinski definition) is 6. The third-order valence-electron chi connectivity index (χ3n) is 4.87. The highest BCUT2D eigenvalue weighted by Crippen LogP contribution is 2.39. The Labute approximate surface area is 171 Å². The Morgan fingerprint density at radius 2 is 1.97 bits per heavy atom. The highest BCUT2D eigenvalue weighted by Gasteiger charge is 2.29. The molecule has 1 aromatic carbocycles. The number of hydrogen-bond donors (Lipinski definition) is 1. The Kier molecular flexibility index (Phi) is 4.99. The molecule has 2 heterocycles. The Balaban J connectivity index is 1.68. The lowest BCUT2D eigenvalue weighted by Gasteiger charge is -2.12. The fourth-order valence-corrected chi connectivity index (χ4v) is 3.95. The topological polar surface area (TPSA) is 98.9 Å². The fraction of sp³-hybridized carbons (Fsp3) is 0.350. The van der Waals surface area contributed by atoms with Gasteiger partial charge in [0, 0.05) is 25.7 Å². The van der Waals surface area contributed by atoms with Gasteiger partial charge in [0.15, 0.2) is 5.65 Å². The van der Waals surface area contributed by atoms with Crippen molar-refractivity contribution < 1.29 is 4.79 Å². The van der Waals surface area contributed by atoms with E-state index >= 15 is 0 Å². The van der Waals surface area contributed by atoms with Gasteiger partial charge in [-0.05, 0) is 37.5 Å². The van der Waals surface area contributed by atoms with Crippen molar-refractivity contribution in [3.63, 3.8) is 0 Å². The molecule has 1 N–H and O–H groups in total. The van der Waals surface area contributed by atoms with E-state index in [-0.39, 0.29) is 23.0 Å². The number of benzene rings is 1. The predicted octanol–water partition coefficient (Wildman–Crippen LogP) is 1.94. The number of rotatable bonds is 5. The second-order valence-corrected chi connectivity index (χ2v) is 8.24. The van der Waals surface area contributed by atoms with Crippen molar-refractivity contribution >= 4 is 34.4 Å². The standard InChI is InChI=1S/C20H21N5O3S/c1-11-5-4-6-13(9-11)21-14(26)10-29-18-15-17(22-16(23-18)12-7-8-12)24(2)20(28)25(3)19(15)27/h4-6,9,12H,7-8,10H2,1-3H3,(H,21,26). The molecule has 0 saturated heterocycles. The number of amides is 1. The van der Waals surface area contributed by atoms with Gasteiger partial charge in [0.2, 0.25) is 5.91 Å². The van der Waals surface area contributed by atoms with Crippen molar-refractivity contribution in [3.8, 4) is 0 Å². The Morgan fingerprint density at radius 1 is 1.21 bits per heavy atom. The Morgan fingerprint density at radius 3 is 2.66 bits per heavy atom. The lowest BCUT2D eigenvalue weighted by atomic mass is 10.2. The minimum absolute atomic E-state index is 0.0934. The summed E-state index contributed by atoms with van der Waals surface area (Å²) in [6.07, 6.45) is 1.98. The van der Waals surface area contributed by atoms with Crippen LogP contribution >= 0.6 is 11.8 Å². The molecule has 150 valence electrons. The quantitative estimate of drug-likeness (QED) is 0.509. The first-order valence-electron chi connectivity index (χ1n) is 9.32. The number of aromatic nitrogens is 4. The molecule has 0 aliphatic heterocycles. The van der Waals surface area contributed by atoms with Crippen LogP contribution in [0.3, 0.4) is 0 Å². The maximum absolute atomic E-state index is 12.7. The van der Waals surface area contributed by atoms with Gasteiger partial charge in [-0.1, -0.05) is 23.9 Å². The number of nitrogens with zero attached hydrogens (tertiary/aromatic N) is 4. The number of fused-ring (bicyclic) bond motifs is 1. The smallest absolute Gasteiger partial charge is 0.325 e. The van der Waals surface area contributed by atoms with Gasteiger partial charge in [-0.25, -0.2) is 14.8 Å². The summed E-state index contributed by atoms with van der Waals surface area (Å²) in [5.74, 6) is 0.777. The molecular formula is C20H21N5O3S. The normalized spacial score (nSPS) is 13.6. The van der Waals surface area contributed by atoms with E-state index < -0.39 is 11.2 Å². The Bertz CT molecular complexity index is 1240. The summed E-state index contributed by atoms with van der Waals surface area (Å²) in [6, 6.07) is 7.55. The summed E-state index contributed by atoms with van der Waals surface area (Å²) in [5, 5.41) is 3.56. The number of carbonyl (C=O) groups is 1. The van der Waals surface area contributed by atoms with Gasteiger partial charge >= 0.3 is 5.69 Å². The number of anilines is 1. The second kappa shape index (κ2) is 7.47. The predicted molar refractivity (Wildman–Crippen MR) is 113 cm³/mol. The average Bonchev–Trinajstić information content (AvgIpc) is 3.54. The fourth-order valence-electron chi connectivity index (χ4n) is 3.13. The zero-order chi connectivity index (χ0) is 20.7. The maximum Gasteiger partial charge on any atom is 0.332 e. The molecule has 2 aromatic heterocycles. The first kappa shape index (κ1) is 19.4. The lowest BCUT2D eigenvalue weighted by molar-refractivity contribution is -0.113. The number of thioether (sulfide) groups is 1. The molecule has 1 saturated carbocycles. The van der Waals surface area contributed by atoms with Crippen molar-refractivity contribution in [2.45, 2.75) is 30.7 Å². The molecule has 1 aliphatic carbocycles. The largest absolute Gasteiger partial charge is 0.332 e. The van der Waals surface area contributed by atoms with Crippen molar-refractivity contribution in [2.75, 3.05) is 11.1 Å². The molecule has 8 nitrogen and oxygen atoms in total. The summed E-state index contributed by atoms with van der Waals surface area (Å²) < 4.78 is 2.40. The van der Waals surface area contributed by atoms with E-state index in [9.17, 15) is 14.4 Å². The van der Waals surface area contributed by atoms with E-state index in [1.165, 1.54) is 23.4 Å². The van der Waals surface area contributed by atoms with Crippen LogP contribution in [0.1, 0.15) is 30.1 Å². The molecule has 0 atom stereocenters. The van der Waals surface area contributed by atoms with Crippen molar-refractivity contribution in [2.24, 2.45) is 14.1 Å². The van der Waals surface area contributed by atoms with Crippen LogP contribution < -0.4 is 16.6 Å². The van der Waals surface area contributed by atoms with Crippen LogP contribution in [-0.4, -0.2) is 30.8 Å². The molecule has 1 aliphatic rings. The second-order valence-electron chi connectivity index (χ2n) is 7.27. The third kappa shape index (κ3) is 3.82. The summed E-state index contributed by atoms with van der Waals surface area (Å²) in [6.45, 7) is 1.96. The van der Waals surface area contributed by atoms with Crippen LogP contribution in [0.4, 0.5) is 5.69 Å². The van der Waals surface area contributed by atoms with Gasteiger partial charge < -0.3 is 5.32 Å². The molecule has 0 radical (unpaired) electrons. The molecule has 4 rings (SSSR count). The van der Waals surface area contributed by atoms with Crippen molar-refractivity contribution in [1.82, 2.24) is 19.1 Å². The molecule has 1 fully saturated rings. The number of carbonyl (C=O) groups excluding carboxylic acids is 1. The zero-order valence-corrected chi connectivity index (χ0v) is 17.2. The minimum atomic E-state index is -0.452. The van der Waals surface area contributed by atoms with Crippen LogP contribution in [-0.2, 0) is 18.9 Å². The monoisotopic (exact) mass is 411 g/mol. The summed E-state index contributed by atoms with van der Waals surface area (Å²) in [4.78, 5) is 46.5. The molecule has 9 heteroatoms. The van der Waals surface area contributed by atoms with E-state index in [1.807, 2.05) is 31.2 Å². The van der Waals surface area contributed by atoms with Crippen LogP contribution in [0.15, 0.2) is 38.9 Å². The van der Waals surface area contributed by atoms with E-state index in [1.54, 1.807) is 7.05 Å². The van der Waals surface area contributed by atoms with E-state index in [4.69, 9.17) is 0 Å². The van der Waals surface area contributed by atoms with Crippen LogP contribution in [0, 0.1) is 6.92 Å². The van der Waals surface area contributed by atoms with Gasteiger partial charge in [-0.2, -0.15) is 0 Å². The van der Waals surface area contributed by atoms with Crippen LogP contribution in [0.25, 0.3) is 11.0 Å². The molecule has 0 unspecified atom stereocenters. The number of aryl methyl sites for hydroxylation is 2. The summed E-state index contributed by atoms with van der Waals surface area (Å²) >= 11 is 1.19. The van der Waals surface area contributed by atoms with E-state index in [2.05, 4.69) is 15.3 Å². The summed E-state index contributed by atoms with van der Waals surface area (Å²) in [5.41, 5.74) is 1.20. The van der Waals surface area contributed by atoms with E-state index in [0.717, 1.165) is 28.7 Å². The van der Waals surface area contributed by atoms with Gasteiger partial charge in [-0.15, -0.1) is 0 Å². The van der Waals surface area contributed by atoms with Gasteiger partial charge in [-0.3, -0.25) is 18.7 Å². The molecule has 3 aromatic rings. The summed E-state index contributed by atoms with van der Waals surface area (Å²) in [7, 11) is 3.02. The zero-order valence-electron chi connectivity index (χ0n) is 16.4. The van der Waals surface area contributed by atoms with Crippen LogP contribution in [0.2, 0.25) is 0 Å². The molecule has 0 spiro atoms. The first-order valence-corrected chi connectivity index (χ1v) is 10.3. The molecule has 0 bridgehead atoms. The first-order chi connectivity index (χ1) is 13.8. The highest BCUT2D eigenvalue weighted by atomic mass is 32.2. The highest BCUT2D eigenvalue weighted by molar-refractivity contribution is 8.00. The van der Waals surface area contributed by atoms with Crippen LogP contribution in [0.5, 0.6) is 0 Å².